The maximum absolute atomic E-state index is 9.65. The summed E-state index contributed by atoms with van der Waals surface area (Å²) in [5.74, 6) is 0. The van der Waals surface area contributed by atoms with Gasteiger partial charge in [0.2, 0.25) is 0 Å². The highest BCUT2D eigenvalue weighted by molar-refractivity contribution is 9.10. The minimum absolute atomic E-state index is 0.167. The number of aliphatic hydroxyl groups is 1. The standard InChI is InChI=1S/C12H17BrN2O/c1-9(10-4-5-12(13)14-7-10)15-6-2-3-11(16)8-15/h4-5,7,9,11,16H,2-3,6,8H2,1H3/t9?,11-/m0/s1. The third kappa shape index (κ3) is 2.81. The van der Waals surface area contributed by atoms with Crippen molar-refractivity contribution in [1.29, 1.82) is 0 Å². The molecule has 0 aliphatic carbocycles. The van der Waals surface area contributed by atoms with Crippen molar-refractivity contribution in [3.8, 4) is 0 Å². The molecule has 4 heteroatoms. The number of hydrogen-bond donors (Lipinski definition) is 1. The van der Waals surface area contributed by atoms with Gasteiger partial charge >= 0.3 is 0 Å². The Morgan fingerprint density at radius 3 is 3.00 bits per heavy atom. The summed E-state index contributed by atoms with van der Waals surface area (Å²) in [5, 5.41) is 9.65. The van der Waals surface area contributed by atoms with Crippen LogP contribution in [0.4, 0.5) is 0 Å². The average molecular weight is 285 g/mol. The van der Waals surface area contributed by atoms with Gasteiger partial charge in [-0.15, -0.1) is 0 Å². The van der Waals surface area contributed by atoms with Crippen LogP contribution in [0.1, 0.15) is 31.4 Å². The van der Waals surface area contributed by atoms with E-state index < -0.39 is 0 Å². The summed E-state index contributed by atoms with van der Waals surface area (Å²) in [6.07, 6.45) is 3.74. The molecule has 1 aromatic heterocycles. The molecule has 0 bridgehead atoms. The molecule has 0 saturated carbocycles. The number of nitrogens with zero attached hydrogens (tertiary/aromatic N) is 2. The highest BCUT2D eigenvalue weighted by atomic mass is 79.9. The van der Waals surface area contributed by atoms with Crippen LogP contribution in [0.5, 0.6) is 0 Å². The second-order valence-corrected chi connectivity index (χ2v) is 5.19. The molecule has 1 aromatic rings. The van der Waals surface area contributed by atoms with E-state index in [1.807, 2.05) is 12.3 Å². The molecule has 3 nitrogen and oxygen atoms in total. The molecular weight excluding hydrogens is 268 g/mol. The fourth-order valence-electron chi connectivity index (χ4n) is 2.18. The number of hydrogen-bond acceptors (Lipinski definition) is 3. The smallest absolute Gasteiger partial charge is 0.106 e. The lowest BCUT2D eigenvalue weighted by atomic mass is 10.0. The van der Waals surface area contributed by atoms with E-state index in [4.69, 9.17) is 0 Å². The average Bonchev–Trinajstić information content (AvgIpc) is 2.29. The van der Waals surface area contributed by atoms with Gasteiger partial charge in [0, 0.05) is 18.8 Å². The fraction of sp³-hybridized carbons (Fsp3) is 0.583. The molecule has 0 amide bonds. The molecule has 1 aliphatic heterocycles. The zero-order valence-corrected chi connectivity index (χ0v) is 11.0. The molecule has 1 unspecified atom stereocenters. The SMILES string of the molecule is CC(c1ccc(Br)nc1)N1CCC[C@H](O)C1. The molecule has 1 fully saturated rings. The van der Waals surface area contributed by atoms with E-state index in [9.17, 15) is 5.11 Å². The van der Waals surface area contributed by atoms with E-state index in [0.29, 0.717) is 6.04 Å². The van der Waals surface area contributed by atoms with E-state index in [0.717, 1.165) is 30.5 Å². The number of β-amino-alcohol motifs (C(OH)–C–C–N with tert-alkyl or cyclic N) is 1. The van der Waals surface area contributed by atoms with Crippen molar-refractivity contribution in [2.45, 2.75) is 31.9 Å². The van der Waals surface area contributed by atoms with Crippen molar-refractivity contribution in [3.63, 3.8) is 0 Å². The fourth-order valence-corrected chi connectivity index (χ4v) is 2.41. The number of rotatable bonds is 2. The largest absolute Gasteiger partial charge is 0.392 e. The van der Waals surface area contributed by atoms with Gasteiger partial charge in [-0.25, -0.2) is 4.98 Å². The third-order valence-electron chi connectivity index (χ3n) is 3.21. The van der Waals surface area contributed by atoms with Crippen LogP contribution in [-0.2, 0) is 0 Å². The van der Waals surface area contributed by atoms with Gasteiger partial charge in [-0.1, -0.05) is 6.07 Å². The predicted octanol–water partition coefficient (Wildman–Crippen LogP) is 2.36. The van der Waals surface area contributed by atoms with Crippen LogP contribution in [0, 0.1) is 0 Å². The van der Waals surface area contributed by atoms with Gasteiger partial charge in [-0.2, -0.15) is 0 Å². The lowest BCUT2D eigenvalue weighted by Gasteiger charge is -2.34. The van der Waals surface area contributed by atoms with Crippen molar-refractivity contribution in [2.75, 3.05) is 13.1 Å². The molecule has 0 spiro atoms. The Bertz CT molecular complexity index is 341. The molecular formula is C12H17BrN2O. The van der Waals surface area contributed by atoms with Crippen LogP contribution < -0.4 is 0 Å². The molecule has 0 radical (unpaired) electrons. The van der Waals surface area contributed by atoms with E-state index >= 15 is 0 Å². The van der Waals surface area contributed by atoms with Gasteiger partial charge in [0.25, 0.3) is 0 Å². The Hall–Kier alpha value is -0.450. The number of aliphatic hydroxyl groups excluding tert-OH is 1. The topological polar surface area (TPSA) is 36.4 Å². The summed E-state index contributed by atoms with van der Waals surface area (Å²) in [4.78, 5) is 6.56. The maximum atomic E-state index is 9.65. The first kappa shape index (κ1) is 12.0. The normalized spacial score (nSPS) is 24.3. The van der Waals surface area contributed by atoms with Crippen LogP contribution in [0.3, 0.4) is 0 Å². The Morgan fingerprint density at radius 2 is 2.38 bits per heavy atom. The van der Waals surface area contributed by atoms with Crippen molar-refractivity contribution in [2.24, 2.45) is 0 Å². The zero-order valence-electron chi connectivity index (χ0n) is 9.43. The maximum Gasteiger partial charge on any atom is 0.106 e. The second kappa shape index (κ2) is 5.25. The summed E-state index contributed by atoms with van der Waals surface area (Å²) in [6, 6.07) is 4.38. The van der Waals surface area contributed by atoms with Crippen LogP contribution >= 0.6 is 15.9 Å². The lowest BCUT2D eigenvalue weighted by Crippen LogP contribution is -2.39. The van der Waals surface area contributed by atoms with E-state index in [2.05, 4.69) is 38.8 Å². The number of pyridine rings is 1. The minimum atomic E-state index is -0.167. The van der Waals surface area contributed by atoms with E-state index in [-0.39, 0.29) is 6.10 Å². The highest BCUT2D eigenvalue weighted by Crippen LogP contribution is 2.24. The molecule has 2 atom stereocenters. The molecule has 1 N–H and O–H groups in total. The van der Waals surface area contributed by atoms with Crippen LogP contribution in [0.25, 0.3) is 0 Å². The van der Waals surface area contributed by atoms with Crippen LogP contribution in [0.15, 0.2) is 22.9 Å². The molecule has 2 rings (SSSR count). The minimum Gasteiger partial charge on any atom is -0.392 e. The highest BCUT2D eigenvalue weighted by Gasteiger charge is 2.22. The quantitative estimate of drug-likeness (QED) is 0.847. The first-order valence-electron chi connectivity index (χ1n) is 5.70. The number of halogens is 1. The Morgan fingerprint density at radius 1 is 1.56 bits per heavy atom. The van der Waals surface area contributed by atoms with Crippen LogP contribution in [-0.4, -0.2) is 34.2 Å². The molecule has 1 aliphatic rings. The number of aromatic nitrogens is 1. The molecule has 88 valence electrons. The lowest BCUT2D eigenvalue weighted by molar-refractivity contribution is 0.0503. The van der Waals surface area contributed by atoms with Gasteiger partial charge in [0.05, 0.1) is 6.10 Å². The zero-order chi connectivity index (χ0) is 11.5. The summed E-state index contributed by atoms with van der Waals surface area (Å²) in [7, 11) is 0. The van der Waals surface area contributed by atoms with Crippen molar-refractivity contribution in [3.05, 3.63) is 28.5 Å². The summed E-state index contributed by atoms with van der Waals surface area (Å²) >= 11 is 3.34. The molecule has 0 aromatic carbocycles. The summed E-state index contributed by atoms with van der Waals surface area (Å²) in [6.45, 7) is 4.01. The molecule has 2 heterocycles. The summed E-state index contributed by atoms with van der Waals surface area (Å²) in [5.41, 5.74) is 1.21. The first-order chi connectivity index (χ1) is 7.66. The Kier molecular flexibility index (Phi) is 3.95. The second-order valence-electron chi connectivity index (χ2n) is 4.38. The van der Waals surface area contributed by atoms with E-state index in [1.165, 1.54) is 5.56 Å². The van der Waals surface area contributed by atoms with Crippen LogP contribution in [0.2, 0.25) is 0 Å². The number of likely N-dealkylation sites (tertiary alicyclic amines) is 1. The first-order valence-corrected chi connectivity index (χ1v) is 6.49. The van der Waals surface area contributed by atoms with E-state index in [1.54, 1.807) is 0 Å². The monoisotopic (exact) mass is 284 g/mol. The summed E-state index contributed by atoms with van der Waals surface area (Å²) < 4.78 is 0.863. The number of piperidine rings is 1. The van der Waals surface area contributed by atoms with Crippen molar-refractivity contribution in [1.82, 2.24) is 9.88 Å². The van der Waals surface area contributed by atoms with Gasteiger partial charge in [-0.3, -0.25) is 4.90 Å². The molecule has 16 heavy (non-hydrogen) atoms. The van der Waals surface area contributed by atoms with Gasteiger partial charge < -0.3 is 5.11 Å². The van der Waals surface area contributed by atoms with Gasteiger partial charge in [-0.05, 0) is 53.9 Å². The van der Waals surface area contributed by atoms with Crippen molar-refractivity contribution >= 4 is 15.9 Å². The van der Waals surface area contributed by atoms with Gasteiger partial charge in [0.15, 0.2) is 0 Å². The molecule has 1 saturated heterocycles. The Labute approximate surface area is 105 Å². The van der Waals surface area contributed by atoms with Gasteiger partial charge in [0.1, 0.15) is 4.60 Å². The van der Waals surface area contributed by atoms with Crippen molar-refractivity contribution < 1.29 is 5.11 Å². The Balaban J connectivity index is 2.06. The third-order valence-corrected chi connectivity index (χ3v) is 3.68. The predicted molar refractivity (Wildman–Crippen MR) is 67.2 cm³/mol.